The van der Waals surface area contributed by atoms with E-state index in [-0.39, 0.29) is 34.0 Å². The molecule has 4 aromatic carbocycles. The molecule has 0 aliphatic carbocycles. The lowest BCUT2D eigenvalue weighted by Crippen LogP contribution is -2.53. The molecule has 8 nitrogen and oxygen atoms in total. The largest absolute Gasteiger partial charge is 0.450 e. The summed E-state index contributed by atoms with van der Waals surface area (Å²) in [5.74, 6) is -1.25. The summed E-state index contributed by atoms with van der Waals surface area (Å²) in [6, 6.07) is 27.0. The maximum Gasteiger partial charge on any atom is 0.297 e. The van der Waals surface area contributed by atoms with Gasteiger partial charge in [-0.05, 0) is 53.6 Å². The van der Waals surface area contributed by atoms with Gasteiger partial charge in [-0.2, -0.15) is 0 Å². The molecule has 0 saturated carbocycles. The van der Waals surface area contributed by atoms with E-state index in [1.54, 1.807) is 60.7 Å². The Bertz CT molecular complexity index is 2260. The van der Waals surface area contributed by atoms with Crippen molar-refractivity contribution < 1.29 is 18.4 Å². The number of fused-ring (bicyclic) bond motifs is 5. The number of para-hydroxylation sites is 2. The summed E-state index contributed by atoms with van der Waals surface area (Å²) < 4.78 is 20.4. The molecule has 0 N–H and O–H groups in total. The fourth-order valence-electron chi connectivity index (χ4n) is 6.12. The zero-order chi connectivity index (χ0) is 31.6. The number of rotatable bonds is 6. The summed E-state index contributed by atoms with van der Waals surface area (Å²) in [5, 5.41) is 9.74. The maximum absolute atomic E-state index is 15.0. The van der Waals surface area contributed by atoms with Crippen LogP contribution in [0.15, 0.2) is 111 Å². The van der Waals surface area contributed by atoms with Crippen LogP contribution in [0.2, 0.25) is 5.02 Å². The van der Waals surface area contributed by atoms with Gasteiger partial charge in [0.1, 0.15) is 11.4 Å². The average Bonchev–Trinajstić information content (AvgIpc) is 3.71. The number of benzene rings is 4. The molecule has 1 atom stereocenters. The van der Waals surface area contributed by atoms with E-state index in [0.717, 1.165) is 16.9 Å². The number of aromatic nitrogens is 2. The van der Waals surface area contributed by atoms with Gasteiger partial charge in [-0.15, -0.1) is 10.2 Å². The number of carbonyl (C=O) groups is 2. The van der Waals surface area contributed by atoms with Crippen LogP contribution in [0.25, 0.3) is 11.0 Å². The van der Waals surface area contributed by atoms with Gasteiger partial charge in [0.15, 0.2) is 15.3 Å². The topological polar surface area (TPSA) is 96.6 Å². The van der Waals surface area contributed by atoms with Crippen LogP contribution in [0.5, 0.6) is 0 Å². The lowest BCUT2D eigenvalue weighted by Gasteiger charge is -2.32. The Labute approximate surface area is 274 Å². The second kappa shape index (κ2) is 10.9. The molecule has 0 radical (unpaired) electrons. The van der Waals surface area contributed by atoms with Crippen LogP contribution in [0.3, 0.4) is 0 Å². The van der Waals surface area contributed by atoms with Crippen molar-refractivity contribution in [2.24, 2.45) is 0 Å². The highest BCUT2D eigenvalue weighted by molar-refractivity contribution is 8.00. The molecular formula is C34H20ClFN4O4S2. The molecule has 2 aliphatic rings. The molecule has 1 spiro atoms. The van der Waals surface area contributed by atoms with E-state index in [2.05, 4.69) is 10.2 Å². The Morgan fingerprint density at radius 1 is 0.870 bits per heavy atom. The van der Waals surface area contributed by atoms with Crippen LogP contribution in [0, 0.1) is 5.82 Å². The first kappa shape index (κ1) is 28.6. The Kier molecular flexibility index (Phi) is 6.78. The van der Waals surface area contributed by atoms with Crippen LogP contribution in [0.4, 0.5) is 15.2 Å². The maximum atomic E-state index is 15.0. The molecule has 0 saturated heterocycles. The lowest BCUT2D eigenvalue weighted by atomic mass is 9.84. The van der Waals surface area contributed by atoms with E-state index in [0.29, 0.717) is 31.9 Å². The fraction of sp³-hybridized carbons (Fsp3) is 0.0882. The summed E-state index contributed by atoms with van der Waals surface area (Å²) in [7, 11) is 0. The van der Waals surface area contributed by atoms with Crippen molar-refractivity contribution in [1.82, 2.24) is 10.2 Å². The number of amides is 2. The second-order valence-corrected chi connectivity index (χ2v) is 13.4. The van der Waals surface area contributed by atoms with Gasteiger partial charge in [-0.3, -0.25) is 19.3 Å². The monoisotopic (exact) mass is 666 g/mol. The highest BCUT2D eigenvalue weighted by atomic mass is 35.5. The third-order valence-corrected chi connectivity index (χ3v) is 10.5. The molecular weight excluding hydrogens is 647 g/mol. The van der Waals surface area contributed by atoms with E-state index in [1.807, 2.05) is 24.3 Å². The molecule has 4 heterocycles. The minimum atomic E-state index is -1.91. The SMILES string of the molecule is O=C1c2oc3ccccc3c(=O)c2C2(C(=O)N(Cc3ccc(F)cc3)c3ccccc32)N1c1nnc(SCc2ccc(Cl)cc2)s1. The highest BCUT2D eigenvalue weighted by Gasteiger charge is 2.66. The van der Waals surface area contributed by atoms with E-state index < -0.39 is 28.6 Å². The smallest absolute Gasteiger partial charge is 0.297 e. The number of thioether (sulfide) groups is 1. The van der Waals surface area contributed by atoms with E-state index >= 15 is 4.79 Å². The quantitative estimate of drug-likeness (QED) is 0.137. The van der Waals surface area contributed by atoms with E-state index in [9.17, 15) is 14.0 Å². The van der Waals surface area contributed by atoms with Gasteiger partial charge in [0.25, 0.3) is 11.8 Å². The summed E-state index contributed by atoms with van der Waals surface area (Å²) in [4.78, 5) is 46.6. The van der Waals surface area contributed by atoms with Crippen molar-refractivity contribution in [3.05, 3.63) is 146 Å². The third kappa shape index (κ3) is 4.30. The predicted molar refractivity (Wildman–Crippen MR) is 175 cm³/mol. The molecule has 0 fully saturated rings. The zero-order valence-corrected chi connectivity index (χ0v) is 26.0. The molecule has 46 heavy (non-hydrogen) atoms. The van der Waals surface area contributed by atoms with Crippen molar-refractivity contribution in [2.45, 2.75) is 22.2 Å². The number of carbonyl (C=O) groups excluding carboxylic acids is 2. The first-order valence-corrected chi connectivity index (χ1v) is 16.3. The Morgan fingerprint density at radius 3 is 2.39 bits per heavy atom. The average molecular weight is 667 g/mol. The Balaban J connectivity index is 1.30. The van der Waals surface area contributed by atoms with Crippen molar-refractivity contribution in [1.29, 1.82) is 0 Å². The Hall–Kier alpha value is -4.84. The minimum absolute atomic E-state index is 0.0687. The summed E-state index contributed by atoms with van der Waals surface area (Å²) in [6.07, 6.45) is 0. The van der Waals surface area contributed by atoms with Crippen molar-refractivity contribution in [3.63, 3.8) is 0 Å². The number of anilines is 2. The van der Waals surface area contributed by atoms with Crippen molar-refractivity contribution in [2.75, 3.05) is 9.80 Å². The van der Waals surface area contributed by atoms with Crippen LogP contribution in [0.1, 0.15) is 32.8 Å². The zero-order valence-electron chi connectivity index (χ0n) is 23.6. The Morgan fingerprint density at radius 2 is 1.59 bits per heavy atom. The standard InChI is InChI=1S/C34H20ClFN4O4S2/c35-21-13-9-20(10-14-21)18-45-33-38-37-32(46-33)40-30(42)29-27(28(41)23-5-1-4-8-26(23)44-29)34(40)24-6-2-3-7-25(24)39(31(34)43)17-19-11-15-22(36)16-12-19/h1-16H,17-18H2. The first-order chi connectivity index (χ1) is 22.4. The van der Waals surface area contributed by atoms with Crippen molar-refractivity contribution in [3.8, 4) is 0 Å². The van der Waals surface area contributed by atoms with Crippen LogP contribution in [-0.2, 0) is 22.6 Å². The number of hydrogen-bond acceptors (Lipinski definition) is 8. The van der Waals surface area contributed by atoms with Crippen LogP contribution >= 0.6 is 34.7 Å². The molecule has 1 unspecified atom stereocenters. The van der Waals surface area contributed by atoms with Gasteiger partial charge in [-0.25, -0.2) is 4.39 Å². The molecule has 2 amide bonds. The predicted octanol–water partition coefficient (Wildman–Crippen LogP) is 7.18. The van der Waals surface area contributed by atoms with Gasteiger partial charge in [0, 0.05) is 16.3 Å². The molecule has 12 heteroatoms. The highest BCUT2D eigenvalue weighted by Crippen LogP contribution is 2.55. The summed E-state index contributed by atoms with van der Waals surface area (Å²) in [6.45, 7) is 0.0759. The lowest BCUT2D eigenvalue weighted by molar-refractivity contribution is -0.121. The van der Waals surface area contributed by atoms with Gasteiger partial charge in [-0.1, -0.05) is 89.3 Å². The first-order valence-electron chi connectivity index (χ1n) is 14.1. The van der Waals surface area contributed by atoms with Crippen LogP contribution < -0.4 is 15.2 Å². The molecule has 8 rings (SSSR count). The number of hydrogen-bond donors (Lipinski definition) is 0. The van der Waals surface area contributed by atoms with Gasteiger partial charge >= 0.3 is 0 Å². The van der Waals surface area contributed by atoms with Crippen molar-refractivity contribution >= 4 is 68.3 Å². The fourth-order valence-corrected chi connectivity index (χ4v) is 8.09. The number of halogens is 2. The summed E-state index contributed by atoms with van der Waals surface area (Å²) >= 11 is 8.60. The van der Waals surface area contributed by atoms with Gasteiger partial charge in [0.05, 0.1) is 23.2 Å². The van der Waals surface area contributed by atoms with E-state index in [1.165, 1.54) is 33.7 Å². The van der Waals surface area contributed by atoms with Gasteiger partial charge < -0.3 is 9.32 Å². The van der Waals surface area contributed by atoms with Crippen LogP contribution in [-0.4, -0.2) is 22.0 Å². The number of nitrogens with zero attached hydrogens (tertiary/aromatic N) is 4. The van der Waals surface area contributed by atoms with E-state index in [4.69, 9.17) is 16.0 Å². The molecule has 2 aliphatic heterocycles. The molecule has 226 valence electrons. The molecule has 2 aromatic heterocycles. The second-order valence-electron chi connectivity index (χ2n) is 10.8. The normalized spacial score (nSPS) is 16.9. The molecule has 6 aromatic rings. The summed E-state index contributed by atoms with van der Waals surface area (Å²) in [5.41, 5.74) is 0.396. The minimum Gasteiger partial charge on any atom is -0.450 e. The molecule has 0 bridgehead atoms. The third-order valence-electron chi connectivity index (χ3n) is 8.15. The van der Waals surface area contributed by atoms with Gasteiger partial charge in [0.2, 0.25) is 10.9 Å².